The van der Waals surface area contributed by atoms with Gasteiger partial charge in [-0.15, -0.1) is 0 Å². The number of pyridine rings is 1. The van der Waals surface area contributed by atoms with Gasteiger partial charge in [0.1, 0.15) is 0 Å². The molecule has 2 heterocycles. The van der Waals surface area contributed by atoms with Gasteiger partial charge in [0.25, 0.3) is 0 Å². The molecule has 1 unspecified atom stereocenters. The molecule has 5 nitrogen and oxygen atoms in total. The number of fused-ring (bicyclic) bond motifs is 4. The van der Waals surface area contributed by atoms with Crippen LogP contribution in [-0.4, -0.2) is 35.4 Å². The molecule has 0 aromatic carbocycles. The SMILES string of the molecule is C1=N[C@@H]2CCCCC2NCc2cccc(n2)CN[C@@H]2CCCC[C@H]2N/C=C\1. The number of hydrogen-bond donors (Lipinski definition) is 3. The van der Waals surface area contributed by atoms with E-state index in [0.717, 1.165) is 24.5 Å². The van der Waals surface area contributed by atoms with E-state index in [1.807, 2.05) is 6.21 Å². The predicted octanol–water partition coefficient (Wildman–Crippen LogP) is 3.07. The summed E-state index contributed by atoms with van der Waals surface area (Å²) in [5.41, 5.74) is 2.27. The van der Waals surface area contributed by atoms with Crippen LogP contribution in [0.1, 0.15) is 62.8 Å². The molecule has 0 amide bonds. The van der Waals surface area contributed by atoms with E-state index in [4.69, 9.17) is 9.98 Å². The molecule has 3 N–H and O–H groups in total. The highest BCUT2D eigenvalue weighted by molar-refractivity contribution is 5.71. The minimum Gasteiger partial charge on any atom is -0.387 e. The Bertz CT molecular complexity index is 656. The number of rotatable bonds is 0. The number of allylic oxidation sites excluding steroid dienone is 1. The first kappa shape index (κ1) is 18.6. The standard InChI is InChI=1S/C22H33N5/c1-3-11-21-19(9-1)23-13-6-14-24-20-10-2-4-12-22(20)26-16-18-8-5-7-17(27-18)15-25-21/h5-8,13-14,19-23,25-26H,1-4,9-12,15-16H2/b13-6-,24-14?/t19-,20-,21-,22?/m1/s1. The third-order valence-corrected chi connectivity index (χ3v) is 6.22. The minimum atomic E-state index is 0.378. The second-order valence-corrected chi connectivity index (χ2v) is 8.16. The summed E-state index contributed by atoms with van der Waals surface area (Å²) in [5, 5.41) is 11.1. The third kappa shape index (κ3) is 5.17. The van der Waals surface area contributed by atoms with E-state index in [1.54, 1.807) is 0 Å². The number of nitrogens with zero attached hydrogens (tertiary/aromatic N) is 2. The summed E-state index contributed by atoms with van der Waals surface area (Å²) < 4.78 is 0. The van der Waals surface area contributed by atoms with Crippen molar-refractivity contribution in [3.63, 3.8) is 0 Å². The number of aliphatic imine (C=N–C) groups is 1. The average Bonchev–Trinajstić information content (AvgIpc) is 2.71. The van der Waals surface area contributed by atoms with Crippen LogP contribution in [0.2, 0.25) is 0 Å². The maximum Gasteiger partial charge on any atom is 0.0652 e. The highest BCUT2D eigenvalue weighted by atomic mass is 15.0. The van der Waals surface area contributed by atoms with E-state index in [0.29, 0.717) is 24.2 Å². The van der Waals surface area contributed by atoms with Gasteiger partial charge in [0, 0.05) is 37.4 Å². The van der Waals surface area contributed by atoms with Crippen molar-refractivity contribution in [2.45, 2.75) is 88.6 Å². The lowest BCUT2D eigenvalue weighted by Crippen LogP contribution is -2.48. The van der Waals surface area contributed by atoms with Gasteiger partial charge in [-0.2, -0.15) is 0 Å². The summed E-state index contributed by atoms with van der Waals surface area (Å²) in [5.74, 6) is 0. The smallest absolute Gasteiger partial charge is 0.0652 e. The van der Waals surface area contributed by atoms with Crippen molar-refractivity contribution >= 4 is 6.21 Å². The first-order valence-corrected chi connectivity index (χ1v) is 10.7. The van der Waals surface area contributed by atoms with Crippen LogP contribution >= 0.6 is 0 Å². The summed E-state index contributed by atoms with van der Waals surface area (Å²) in [6.07, 6.45) is 16.2. The number of aromatic nitrogens is 1. The predicted molar refractivity (Wildman–Crippen MR) is 111 cm³/mol. The van der Waals surface area contributed by atoms with E-state index in [2.05, 4.69) is 46.4 Å². The lowest BCUT2D eigenvalue weighted by atomic mass is 9.90. The van der Waals surface area contributed by atoms with E-state index in [-0.39, 0.29) is 0 Å². The monoisotopic (exact) mass is 367 g/mol. The Morgan fingerprint density at radius 1 is 0.778 bits per heavy atom. The van der Waals surface area contributed by atoms with Crippen molar-refractivity contribution in [1.29, 1.82) is 0 Å². The van der Waals surface area contributed by atoms with Gasteiger partial charge in [0.15, 0.2) is 0 Å². The number of nitrogens with one attached hydrogen (secondary N) is 3. The Morgan fingerprint density at radius 3 is 2.26 bits per heavy atom. The van der Waals surface area contributed by atoms with Crippen molar-refractivity contribution in [3.05, 3.63) is 41.9 Å². The van der Waals surface area contributed by atoms with Crippen LogP contribution in [0.3, 0.4) is 0 Å². The quantitative estimate of drug-likeness (QED) is 0.659. The molecule has 27 heavy (non-hydrogen) atoms. The van der Waals surface area contributed by atoms with Crippen LogP contribution in [0.15, 0.2) is 35.5 Å². The molecule has 2 saturated carbocycles. The van der Waals surface area contributed by atoms with Crippen molar-refractivity contribution in [3.8, 4) is 0 Å². The second-order valence-electron chi connectivity index (χ2n) is 8.16. The first-order chi connectivity index (χ1) is 13.4. The molecular weight excluding hydrogens is 334 g/mol. The zero-order valence-corrected chi connectivity index (χ0v) is 16.2. The van der Waals surface area contributed by atoms with E-state index in [1.165, 1.54) is 51.4 Å². The normalized spacial score (nSPS) is 33.3. The van der Waals surface area contributed by atoms with Crippen LogP contribution in [0, 0.1) is 0 Å². The Labute approximate surface area is 163 Å². The largest absolute Gasteiger partial charge is 0.387 e. The third-order valence-electron chi connectivity index (χ3n) is 6.22. The second kappa shape index (κ2) is 9.47. The van der Waals surface area contributed by atoms with Crippen LogP contribution in [0.4, 0.5) is 0 Å². The fraction of sp³-hybridized carbons (Fsp3) is 0.636. The molecule has 1 aromatic heterocycles. The molecule has 1 aromatic rings. The molecule has 4 rings (SSSR count). The summed E-state index contributed by atoms with van der Waals surface area (Å²) in [6.45, 7) is 1.67. The highest BCUT2D eigenvalue weighted by Gasteiger charge is 2.25. The number of hydrogen-bond acceptors (Lipinski definition) is 5. The lowest BCUT2D eigenvalue weighted by Gasteiger charge is -2.32. The van der Waals surface area contributed by atoms with E-state index in [9.17, 15) is 0 Å². The van der Waals surface area contributed by atoms with Gasteiger partial charge in [0.05, 0.1) is 17.4 Å². The summed E-state index contributed by atoms with van der Waals surface area (Å²) in [7, 11) is 0. The molecule has 2 fully saturated rings. The summed E-state index contributed by atoms with van der Waals surface area (Å²) in [4.78, 5) is 9.74. The van der Waals surface area contributed by atoms with Crippen molar-refractivity contribution in [1.82, 2.24) is 20.9 Å². The summed E-state index contributed by atoms with van der Waals surface area (Å²) in [6, 6.07) is 8.23. The van der Waals surface area contributed by atoms with E-state index >= 15 is 0 Å². The Kier molecular flexibility index (Phi) is 6.53. The molecule has 0 saturated heterocycles. The van der Waals surface area contributed by atoms with Crippen LogP contribution in [-0.2, 0) is 13.1 Å². The van der Waals surface area contributed by atoms with Crippen molar-refractivity contribution < 1.29 is 0 Å². The first-order valence-electron chi connectivity index (χ1n) is 10.7. The van der Waals surface area contributed by atoms with Crippen molar-refractivity contribution in [2.75, 3.05) is 0 Å². The fourth-order valence-electron chi connectivity index (χ4n) is 4.68. The van der Waals surface area contributed by atoms with E-state index < -0.39 is 0 Å². The molecule has 0 spiro atoms. The highest BCUT2D eigenvalue weighted by Crippen LogP contribution is 2.22. The van der Waals surface area contributed by atoms with Gasteiger partial charge >= 0.3 is 0 Å². The lowest BCUT2D eigenvalue weighted by molar-refractivity contribution is 0.300. The van der Waals surface area contributed by atoms with Crippen molar-refractivity contribution in [2.24, 2.45) is 4.99 Å². The Balaban J connectivity index is 1.52. The fourth-order valence-corrected chi connectivity index (χ4v) is 4.68. The van der Waals surface area contributed by atoms with Gasteiger partial charge in [0.2, 0.25) is 0 Å². The minimum absolute atomic E-state index is 0.378. The zero-order valence-electron chi connectivity index (χ0n) is 16.2. The molecule has 2 aliphatic carbocycles. The molecule has 2 bridgehead atoms. The van der Waals surface area contributed by atoms with Gasteiger partial charge in [-0.1, -0.05) is 31.7 Å². The van der Waals surface area contributed by atoms with Gasteiger partial charge in [-0.25, -0.2) is 0 Å². The average molecular weight is 368 g/mol. The molecular formula is C22H33N5. The van der Waals surface area contributed by atoms with Crippen LogP contribution < -0.4 is 16.0 Å². The van der Waals surface area contributed by atoms with Gasteiger partial charge in [-0.3, -0.25) is 9.98 Å². The molecule has 0 radical (unpaired) electrons. The maximum atomic E-state index is 4.88. The molecule has 3 aliphatic rings. The molecule has 146 valence electrons. The molecule has 5 heteroatoms. The molecule has 1 aliphatic heterocycles. The van der Waals surface area contributed by atoms with Gasteiger partial charge < -0.3 is 16.0 Å². The molecule has 4 atom stereocenters. The topological polar surface area (TPSA) is 61.3 Å². The zero-order chi connectivity index (χ0) is 18.3. The van der Waals surface area contributed by atoms with Crippen LogP contribution in [0.25, 0.3) is 0 Å². The Hall–Kier alpha value is -1.72. The van der Waals surface area contributed by atoms with Gasteiger partial charge in [-0.05, 0) is 50.1 Å². The maximum absolute atomic E-state index is 4.88. The summed E-state index contributed by atoms with van der Waals surface area (Å²) >= 11 is 0. The van der Waals surface area contributed by atoms with Crippen LogP contribution in [0.5, 0.6) is 0 Å². The Morgan fingerprint density at radius 2 is 1.44 bits per heavy atom.